The van der Waals surface area contributed by atoms with E-state index in [1.165, 1.54) is 0 Å². The van der Waals surface area contributed by atoms with Gasteiger partial charge in [-0.3, -0.25) is 0 Å². The van der Waals surface area contributed by atoms with E-state index in [0.717, 1.165) is 31.6 Å². The monoisotopic (exact) mass is 281 g/mol. The van der Waals surface area contributed by atoms with E-state index < -0.39 is 0 Å². The summed E-state index contributed by atoms with van der Waals surface area (Å²) < 4.78 is 2.25. The largest absolute Gasteiger partial charge is 0.394 e. The minimum Gasteiger partial charge on any atom is -0.394 e. The molecule has 116 valence electrons. The fourth-order valence-corrected chi connectivity index (χ4v) is 2.70. The first-order chi connectivity index (χ1) is 9.38. The fourth-order valence-electron chi connectivity index (χ4n) is 2.70. The van der Waals surface area contributed by atoms with Crippen LogP contribution in [-0.2, 0) is 6.54 Å². The topological polar surface area (TPSA) is 50.1 Å². The maximum Gasteiger partial charge on any atom is 0.111 e. The highest BCUT2D eigenvalue weighted by molar-refractivity contribution is 4.97. The van der Waals surface area contributed by atoms with E-state index >= 15 is 0 Å². The molecule has 1 aromatic rings. The quantitative estimate of drug-likeness (QED) is 0.684. The van der Waals surface area contributed by atoms with Crippen LogP contribution in [0.15, 0.2) is 12.4 Å². The van der Waals surface area contributed by atoms with Crippen LogP contribution in [0.3, 0.4) is 0 Å². The van der Waals surface area contributed by atoms with Crippen molar-refractivity contribution in [2.75, 3.05) is 6.61 Å². The Hall–Kier alpha value is -0.870. The Morgan fingerprint density at radius 1 is 1.30 bits per heavy atom. The number of aryl methyl sites for hydroxylation is 1. The van der Waals surface area contributed by atoms with Crippen LogP contribution in [0.1, 0.15) is 65.6 Å². The molecule has 1 unspecified atom stereocenters. The average molecular weight is 281 g/mol. The number of aliphatic hydroxyl groups is 1. The first-order valence-corrected chi connectivity index (χ1v) is 7.77. The number of nitrogens with one attached hydrogen (secondary N) is 1. The van der Waals surface area contributed by atoms with E-state index in [0.29, 0.717) is 12.0 Å². The predicted molar refractivity (Wildman–Crippen MR) is 83.9 cm³/mol. The third-order valence-electron chi connectivity index (χ3n) is 3.63. The molecule has 1 rings (SSSR count). The Balaban J connectivity index is 2.39. The van der Waals surface area contributed by atoms with E-state index in [-0.39, 0.29) is 12.1 Å². The summed E-state index contributed by atoms with van der Waals surface area (Å²) in [6.07, 6.45) is 7.16. The van der Waals surface area contributed by atoms with Gasteiger partial charge in [0, 0.05) is 36.4 Å². The molecule has 0 radical (unpaired) electrons. The van der Waals surface area contributed by atoms with Gasteiger partial charge in [0.2, 0.25) is 0 Å². The second-order valence-corrected chi connectivity index (χ2v) is 6.61. The summed E-state index contributed by atoms with van der Waals surface area (Å²) in [4.78, 5) is 4.41. The van der Waals surface area contributed by atoms with Crippen molar-refractivity contribution in [3.05, 3.63) is 18.2 Å². The number of hydrogen-bond donors (Lipinski definition) is 2. The van der Waals surface area contributed by atoms with Crippen molar-refractivity contribution in [2.24, 2.45) is 0 Å². The molecule has 0 saturated heterocycles. The number of imidazole rings is 1. The molecule has 1 atom stereocenters. The van der Waals surface area contributed by atoms with Crippen LogP contribution in [0.4, 0.5) is 0 Å². The molecule has 4 heteroatoms. The molecule has 20 heavy (non-hydrogen) atoms. The minimum absolute atomic E-state index is 0.163. The summed E-state index contributed by atoms with van der Waals surface area (Å²) in [6, 6.07) is 0.397. The normalized spacial score (nSPS) is 15.0. The van der Waals surface area contributed by atoms with Crippen LogP contribution in [0, 0.1) is 0 Å². The van der Waals surface area contributed by atoms with Crippen molar-refractivity contribution < 1.29 is 5.11 Å². The molecule has 4 nitrogen and oxygen atoms in total. The highest BCUT2D eigenvalue weighted by atomic mass is 16.3. The Labute approximate surface area is 123 Å². The molecule has 0 amide bonds. The lowest BCUT2D eigenvalue weighted by atomic mass is 9.95. The number of unbranched alkanes of at least 4 members (excludes halogenated alkanes) is 1. The predicted octanol–water partition coefficient (Wildman–Crippen LogP) is 2.93. The summed E-state index contributed by atoms with van der Waals surface area (Å²) >= 11 is 0. The molecule has 2 N–H and O–H groups in total. The number of aliphatic hydroxyl groups excluding tert-OH is 1. The van der Waals surface area contributed by atoms with E-state index in [4.69, 9.17) is 0 Å². The molecule has 0 aliphatic carbocycles. The Kier molecular flexibility index (Phi) is 6.69. The van der Waals surface area contributed by atoms with Crippen LogP contribution in [0.25, 0.3) is 0 Å². The van der Waals surface area contributed by atoms with Gasteiger partial charge >= 0.3 is 0 Å². The third kappa shape index (κ3) is 5.25. The van der Waals surface area contributed by atoms with Gasteiger partial charge in [-0.05, 0) is 26.2 Å². The lowest BCUT2D eigenvalue weighted by Gasteiger charge is -2.31. The molecule has 1 heterocycles. The highest BCUT2D eigenvalue weighted by Crippen LogP contribution is 2.17. The molecule has 0 aromatic carbocycles. The SMILES string of the molecule is CC(C)NC(C)(CO)CCCCn1ccnc1C(C)C. The Morgan fingerprint density at radius 3 is 2.55 bits per heavy atom. The van der Waals surface area contributed by atoms with E-state index in [1.807, 2.05) is 6.20 Å². The van der Waals surface area contributed by atoms with Gasteiger partial charge in [-0.2, -0.15) is 0 Å². The zero-order valence-electron chi connectivity index (χ0n) is 13.7. The van der Waals surface area contributed by atoms with Crippen LogP contribution < -0.4 is 5.32 Å². The van der Waals surface area contributed by atoms with Crippen molar-refractivity contribution in [3.8, 4) is 0 Å². The van der Waals surface area contributed by atoms with Crippen molar-refractivity contribution in [1.82, 2.24) is 14.9 Å². The van der Waals surface area contributed by atoms with Gasteiger partial charge in [0.05, 0.1) is 6.61 Å². The molecular weight excluding hydrogens is 250 g/mol. The second kappa shape index (κ2) is 7.79. The molecule has 0 aliphatic rings. The lowest BCUT2D eigenvalue weighted by Crippen LogP contribution is -2.49. The van der Waals surface area contributed by atoms with Crippen LogP contribution >= 0.6 is 0 Å². The Bertz CT molecular complexity index is 387. The number of hydrogen-bond acceptors (Lipinski definition) is 3. The lowest BCUT2D eigenvalue weighted by molar-refractivity contribution is 0.153. The zero-order valence-corrected chi connectivity index (χ0v) is 13.7. The van der Waals surface area contributed by atoms with Gasteiger partial charge in [0.1, 0.15) is 5.82 Å². The van der Waals surface area contributed by atoms with Gasteiger partial charge in [-0.1, -0.05) is 27.7 Å². The maximum absolute atomic E-state index is 9.56. The van der Waals surface area contributed by atoms with Gasteiger partial charge in [0.25, 0.3) is 0 Å². The van der Waals surface area contributed by atoms with Gasteiger partial charge in [-0.25, -0.2) is 4.98 Å². The van der Waals surface area contributed by atoms with Gasteiger partial charge in [0.15, 0.2) is 0 Å². The summed E-state index contributed by atoms with van der Waals surface area (Å²) in [5, 5.41) is 13.0. The minimum atomic E-state index is -0.163. The molecule has 0 fully saturated rings. The maximum atomic E-state index is 9.56. The average Bonchev–Trinajstić information content (AvgIpc) is 2.82. The second-order valence-electron chi connectivity index (χ2n) is 6.61. The number of rotatable bonds is 9. The van der Waals surface area contributed by atoms with Crippen LogP contribution in [-0.4, -0.2) is 32.8 Å². The van der Waals surface area contributed by atoms with Crippen LogP contribution in [0.2, 0.25) is 0 Å². The zero-order chi connectivity index (χ0) is 15.2. The van der Waals surface area contributed by atoms with Crippen LogP contribution in [0.5, 0.6) is 0 Å². The van der Waals surface area contributed by atoms with Gasteiger partial charge in [-0.15, -0.1) is 0 Å². The third-order valence-corrected chi connectivity index (χ3v) is 3.63. The first kappa shape index (κ1) is 17.2. The van der Waals surface area contributed by atoms with Gasteiger partial charge < -0.3 is 15.0 Å². The smallest absolute Gasteiger partial charge is 0.111 e. The number of aromatic nitrogens is 2. The summed E-state index contributed by atoms with van der Waals surface area (Å²) in [5.74, 6) is 1.63. The molecule has 0 aliphatic heterocycles. The summed E-state index contributed by atoms with van der Waals surface area (Å²) in [6.45, 7) is 11.9. The molecule has 0 saturated carbocycles. The fraction of sp³-hybridized carbons (Fsp3) is 0.812. The number of nitrogens with zero attached hydrogens (tertiary/aromatic N) is 2. The Morgan fingerprint density at radius 2 is 2.00 bits per heavy atom. The van der Waals surface area contributed by atoms with Crippen molar-refractivity contribution in [1.29, 1.82) is 0 Å². The van der Waals surface area contributed by atoms with Crippen molar-refractivity contribution in [3.63, 3.8) is 0 Å². The summed E-state index contributed by atoms with van der Waals surface area (Å²) in [7, 11) is 0. The van der Waals surface area contributed by atoms with Crippen molar-refractivity contribution >= 4 is 0 Å². The molecular formula is C16H31N3O. The molecule has 1 aromatic heterocycles. The van der Waals surface area contributed by atoms with Crippen molar-refractivity contribution in [2.45, 2.75) is 77.9 Å². The highest BCUT2D eigenvalue weighted by Gasteiger charge is 2.23. The van der Waals surface area contributed by atoms with E-state index in [2.05, 4.69) is 55.7 Å². The summed E-state index contributed by atoms with van der Waals surface area (Å²) in [5.41, 5.74) is -0.163. The van der Waals surface area contributed by atoms with E-state index in [1.54, 1.807) is 0 Å². The first-order valence-electron chi connectivity index (χ1n) is 7.77. The molecule has 0 spiro atoms. The molecule has 0 bridgehead atoms. The van der Waals surface area contributed by atoms with E-state index in [9.17, 15) is 5.11 Å². The standard InChI is InChI=1S/C16H31N3O/c1-13(2)15-17-9-11-19(15)10-7-6-8-16(5,12-20)18-14(3)4/h9,11,13-14,18,20H,6-8,10,12H2,1-5H3.